The van der Waals surface area contributed by atoms with E-state index in [1.54, 1.807) is 4.57 Å². The zero-order valence-electron chi connectivity index (χ0n) is 21.2. The van der Waals surface area contributed by atoms with Crippen LogP contribution in [0.25, 0.3) is 11.2 Å². The maximum absolute atomic E-state index is 13.6. The molecule has 38 heavy (non-hydrogen) atoms. The van der Waals surface area contributed by atoms with Gasteiger partial charge in [-0.05, 0) is 17.5 Å². The Kier molecular flexibility index (Phi) is 9.80. The molecule has 4 rings (SSSR count). The first-order chi connectivity index (χ1) is 18.5. The second kappa shape index (κ2) is 13.5. The molecular weight excluding hydrogens is 509 g/mol. The first kappa shape index (κ1) is 27.7. The van der Waals surface area contributed by atoms with E-state index >= 15 is 0 Å². The van der Waals surface area contributed by atoms with Crippen molar-refractivity contribution in [1.29, 1.82) is 0 Å². The van der Waals surface area contributed by atoms with Gasteiger partial charge >= 0.3 is 7.60 Å². The zero-order valence-corrected chi connectivity index (χ0v) is 22.1. The number of hydrogen-bond acceptors (Lipinski definition) is 9. The van der Waals surface area contributed by atoms with Gasteiger partial charge in [0.2, 0.25) is 5.95 Å². The normalized spacial score (nSPS) is 13.9. The van der Waals surface area contributed by atoms with Crippen LogP contribution in [-0.4, -0.2) is 45.2 Å². The summed E-state index contributed by atoms with van der Waals surface area (Å²) in [5.74, 6) is -0.00246. The maximum Gasteiger partial charge on any atom is 0.356 e. The number of H-pyrrole nitrogens is 1. The van der Waals surface area contributed by atoms with Gasteiger partial charge in [0, 0.05) is 6.54 Å². The van der Waals surface area contributed by atoms with Crippen molar-refractivity contribution in [3.8, 4) is 0 Å². The molecule has 0 bridgehead atoms. The fraction of sp³-hybridized carbons (Fsp3) is 0.346. The van der Waals surface area contributed by atoms with E-state index in [0.717, 1.165) is 11.1 Å². The average Bonchev–Trinajstić information content (AvgIpc) is 3.34. The van der Waals surface area contributed by atoms with Crippen molar-refractivity contribution in [1.82, 2.24) is 19.5 Å². The summed E-state index contributed by atoms with van der Waals surface area (Å²) in [7, 11) is -3.64. The van der Waals surface area contributed by atoms with E-state index in [-0.39, 0.29) is 43.7 Å². The van der Waals surface area contributed by atoms with Crippen LogP contribution in [0.5, 0.6) is 0 Å². The standard InChI is InChI=1S/C26H32N5O6P/c1-2-22(35-15-20-9-5-3-6-10-20)17-37-38(33,36-16-21-11-7-4-8-12-21)19-34-14-13-31-18-28-23-24(31)29-26(27)30-25(23)32/h3-12,18,22H,2,13-17,19H2,1H3,(H3,27,29,30,32). The summed E-state index contributed by atoms with van der Waals surface area (Å²) in [6, 6.07) is 19.3. The molecule has 0 spiro atoms. The largest absolute Gasteiger partial charge is 0.371 e. The molecule has 11 nitrogen and oxygen atoms in total. The lowest BCUT2D eigenvalue weighted by Gasteiger charge is -2.22. The van der Waals surface area contributed by atoms with Gasteiger partial charge < -0.3 is 28.8 Å². The van der Waals surface area contributed by atoms with Crippen LogP contribution < -0.4 is 11.3 Å². The van der Waals surface area contributed by atoms with Crippen LogP contribution in [0.3, 0.4) is 0 Å². The first-order valence-corrected chi connectivity index (χ1v) is 14.0. The number of aromatic amines is 1. The average molecular weight is 542 g/mol. The minimum atomic E-state index is -3.64. The quantitative estimate of drug-likeness (QED) is 0.168. The van der Waals surface area contributed by atoms with Crippen LogP contribution in [0.15, 0.2) is 71.8 Å². The predicted molar refractivity (Wildman–Crippen MR) is 143 cm³/mol. The lowest BCUT2D eigenvalue weighted by Crippen LogP contribution is -2.19. The molecule has 0 saturated heterocycles. The fourth-order valence-electron chi connectivity index (χ4n) is 3.60. The molecule has 0 aliphatic rings. The molecule has 0 saturated carbocycles. The molecule has 2 aromatic carbocycles. The topological polar surface area (TPSA) is 144 Å². The van der Waals surface area contributed by atoms with Gasteiger partial charge in [-0.25, -0.2) is 4.98 Å². The molecular formula is C26H32N5O6P. The molecule has 2 unspecified atom stereocenters. The van der Waals surface area contributed by atoms with Gasteiger partial charge in [0.15, 0.2) is 11.2 Å². The van der Waals surface area contributed by atoms with Gasteiger partial charge in [-0.1, -0.05) is 67.6 Å². The third-order valence-electron chi connectivity index (χ3n) is 5.73. The Morgan fingerprint density at radius 1 is 1.03 bits per heavy atom. The lowest BCUT2D eigenvalue weighted by atomic mass is 10.2. The number of rotatable bonds is 15. The molecule has 2 aromatic heterocycles. The zero-order chi connectivity index (χ0) is 26.8. The van der Waals surface area contributed by atoms with E-state index in [0.29, 0.717) is 25.2 Å². The van der Waals surface area contributed by atoms with Gasteiger partial charge in [-0.3, -0.25) is 14.3 Å². The Morgan fingerprint density at radius 3 is 2.39 bits per heavy atom. The van der Waals surface area contributed by atoms with Crippen LogP contribution in [0.2, 0.25) is 0 Å². The minimum Gasteiger partial charge on any atom is -0.371 e. The number of hydrogen-bond donors (Lipinski definition) is 2. The molecule has 202 valence electrons. The van der Waals surface area contributed by atoms with Crippen LogP contribution >= 0.6 is 7.60 Å². The minimum absolute atomic E-state index is 0.00246. The highest BCUT2D eigenvalue weighted by Gasteiger charge is 2.27. The molecule has 0 aliphatic carbocycles. The Labute approximate surface area is 220 Å². The third kappa shape index (κ3) is 7.83. The van der Waals surface area contributed by atoms with Crippen molar-refractivity contribution in [2.75, 3.05) is 25.3 Å². The Hall–Kier alpha value is -3.34. The summed E-state index contributed by atoms with van der Waals surface area (Å²) in [5, 5.41) is 0. The maximum atomic E-state index is 13.6. The molecule has 12 heteroatoms. The highest BCUT2D eigenvalue weighted by atomic mass is 31.2. The van der Waals surface area contributed by atoms with E-state index in [4.69, 9.17) is 24.3 Å². The van der Waals surface area contributed by atoms with Gasteiger partial charge in [0.1, 0.15) is 6.35 Å². The van der Waals surface area contributed by atoms with Gasteiger partial charge in [-0.15, -0.1) is 0 Å². The highest BCUT2D eigenvalue weighted by molar-refractivity contribution is 7.53. The van der Waals surface area contributed by atoms with Crippen molar-refractivity contribution in [2.24, 2.45) is 0 Å². The summed E-state index contributed by atoms with van der Waals surface area (Å²) in [6.07, 6.45) is 1.64. The molecule has 4 aromatic rings. The van der Waals surface area contributed by atoms with Crippen molar-refractivity contribution in [3.63, 3.8) is 0 Å². The highest BCUT2D eigenvalue weighted by Crippen LogP contribution is 2.49. The van der Waals surface area contributed by atoms with Crippen molar-refractivity contribution < 1.29 is 23.1 Å². The number of aromatic nitrogens is 4. The van der Waals surface area contributed by atoms with E-state index in [9.17, 15) is 9.36 Å². The van der Waals surface area contributed by atoms with E-state index in [1.807, 2.05) is 67.6 Å². The number of benzene rings is 2. The Morgan fingerprint density at radius 2 is 1.71 bits per heavy atom. The van der Waals surface area contributed by atoms with E-state index in [1.165, 1.54) is 6.33 Å². The number of nitrogens with one attached hydrogen (secondary N) is 1. The number of nitrogens with two attached hydrogens (primary N) is 1. The summed E-state index contributed by atoms with van der Waals surface area (Å²) >= 11 is 0. The summed E-state index contributed by atoms with van der Waals surface area (Å²) in [6.45, 7) is 3.08. The number of fused-ring (bicyclic) bond motifs is 1. The van der Waals surface area contributed by atoms with Crippen LogP contribution in [0.4, 0.5) is 5.95 Å². The van der Waals surface area contributed by atoms with Crippen molar-refractivity contribution in [2.45, 2.75) is 39.2 Å². The monoisotopic (exact) mass is 541 g/mol. The lowest BCUT2D eigenvalue weighted by molar-refractivity contribution is 0.000172. The van der Waals surface area contributed by atoms with Crippen molar-refractivity contribution >= 4 is 24.7 Å². The molecule has 0 amide bonds. The summed E-state index contributed by atoms with van der Waals surface area (Å²) in [5.41, 5.74) is 7.67. The molecule has 0 fully saturated rings. The van der Waals surface area contributed by atoms with E-state index < -0.39 is 13.2 Å². The number of nitrogen functional groups attached to an aromatic ring is 1. The molecule has 2 heterocycles. The number of imidazole rings is 1. The van der Waals surface area contributed by atoms with Gasteiger partial charge in [0.25, 0.3) is 5.56 Å². The molecule has 0 aliphatic heterocycles. The number of ether oxygens (including phenoxy) is 2. The second-order valence-corrected chi connectivity index (χ2v) is 10.6. The molecule has 3 N–H and O–H groups in total. The smallest absolute Gasteiger partial charge is 0.356 e. The number of nitrogens with zero attached hydrogens (tertiary/aromatic N) is 3. The Bertz CT molecular complexity index is 1400. The van der Waals surface area contributed by atoms with Gasteiger partial charge in [-0.2, -0.15) is 4.98 Å². The van der Waals surface area contributed by atoms with E-state index in [2.05, 4.69) is 15.0 Å². The number of anilines is 1. The summed E-state index contributed by atoms with van der Waals surface area (Å²) < 4.78 is 38.5. The van der Waals surface area contributed by atoms with Crippen LogP contribution in [0.1, 0.15) is 24.5 Å². The third-order valence-corrected chi connectivity index (χ3v) is 7.29. The predicted octanol–water partition coefficient (Wildman–Crippen LogP) is 4.10. The fourth-order valence-corrected chi connectivity index (χ4v) is 4.92. The molecule has 0 radical (unpaired) electrons. The van der Waals surface area contributed by atoms with Gasteiger partial charge in [0.05, 0.1) is 38.9 Å². The first-order valence-electron chi connectivity index (χ1n) is 12.3. The second-order valence-electron chi connectivity index (χ2n) is 8.59. The van der Waals surface area contributed by atoms with Crippen molar-refractivity contribution in [3.05, 3.63) is 88.5 Å². The van der Waals surface area contributed by atoms with Crippen LogP contribution in [0, 0.1) is 0 Å². The molecule has 2 atom stereocenters. The summed E-state index contributed by atoms with van der Waals surface area (Å²) in [4.78, 5) is 22.6. The SMILES string of the molecule is CCC(COP(=O)(COCCn1cnc2c(=O)[nH]c(N)nc21)OCc1ccccc1)OCc1ccccc1. The Balaban J connectivity index is 1.35. The van der Waals surface area contributed by atoms with Crippen LogP contribution in [-0.2, 0) is 42.8 Å².